The average molecular weight is 488 g/mol. The number of anilines is 3. The molecule has 1 saturated heterocycles. The Kier molecular flexibility index (Phi) is 6.73. The van der Waals surface area contributed by atoms with Gasteiger partial charge in [0.05, 0.1) is 39.5 Å². The van der Waals surface area contributed by atoms with Crippen molar-refractivity contribution in [1.29, 1.82) is 0 Å². The topological polar surface area (TPSA) is 102 Å². The maximum Gasteiger partial charge on any atom is 0.230 e. The van der Waals surface area contributed by atoms with Crippen molar-refractivity contribution in [2.45, 2.75) is 18.9 Å². The minimum absolute atomic E-state index is 0.0621. The molecule has 1 fully saturated rings. The molecule has 0 aliphatic carbocycles. The number of pyridine rings is 1. The van der Waals surface area contributed by atoms with Crippen LogP contribution in [0.3, 0.4) is 0 Å². The number of benzene rings is 2. The standard InChI is InChI=1S/C27H29N5O4/c1-34-22-13-18(14-23(35-2)25(22)36-3)17-10-11-24(28-15-17)30-27-29-21-9-5-4-8-20(21)26(31-27)32-12-6-7-19(32)16-33/h4-5,8-11,13-15,19,33H,6-7,12,16H2,1-3H3,(H,28,29,30,31). The molecule has 1 aliphatic heterocycles. The second kappa shape index (κ2) is 10.2. The number of aromatic nitrogens is 3. The van der Waals surface area contributed by atoms with Gasteiger partial charge in [-0.2, -0.15) is 4.98 Å². The molecular formula is C27H29N5O4. The van der Waals surface area contributed by atoms with E-state index in [0.29, 0.717) is 29.0 Å². The van der Waals surface area contributed by atoms with E-state index in [0.717, 1.165) is 47.2 Å². The third kappa shape index (κ3) is 4.45. The SMILES string of the molecule is COc1cc(-c2ccc(Nc3nc(N4CCCC4CO)c4ccccc4n3)nc2)cc(OC)c1OC. The van der Waals surface area contributed by atoms with Crippen molar-refractivity contribution in [3.8, 4) is 28.4 Å². The van der Waals surface area contributed by atoms with E-state index in [1.807, 2.05) is 48.5 Å². The number of hydrogen-bond acceptors (Lipinski definition) is 9. The van der Waals surface area contributed by atoms with Crippen LogP contribution in [0, 0.1) is 0 Å². The van der Waals surface area contributed by atoms with Crippen LogP contribution in [0.5, 0.6) is 17.2 Å². The van der Waals surface area contributed by atoms with Gasteiger partial charge in [-0.15, -0.1) is 0 Å². The highest BCUT2D eigenvalue weighted by atomic mass is 16.5. The van der Waals surface area contributed by atoms with Gasteiger partial charge in [-0.1, -0.05) is 12.1 Å². The van der Waals surface area contributed by atoms with Crippen molar-refractivity contribution in [2.24, 2.45) is 0 Å². The second-order valence-corrected chi connectivity index (χ2v) is 8.53. The molecular weight excluding hydrogens is 458 g/mol. The summed E-state index contributed by atoms with van der Waals surface area (Å²) in [5.74, 6) is 3.60. The molecule has 0 radical (unpaired) electrons. The van der Waals surface area contributed by atoms with Crippen molar-refractivity contribution >= 4 is 28.5 Å². The van der Waals surface area contributed by atoms with Crippen LogP contribution in [0.1, 0.15) is 12.8 Å². The molecule has 9 heteroatoms. The van der Waals surface area contributed by atoms with E-state index in [1.165, 1.54) is 0 Å². The third-order valence-electron chi connectivity index (χ3n) is 6.44. The molecule has 0 spiro atoms. The quantitative estimate of drug-likeness (QED) is 0.374. The maximum atomic E-state index is 9.86. The molecule has 1 atom stereocenters. The summed E-state index contributed by atoms with van der Waals surface area (Å²) < 4.78 is 16.4. The Labute approximate surface area is 209 Å². The maximum absolute atomic E-state index is 9.86. The largest absolute Gasteiger partial charge is 0.493 e. The lowest BCUT2D eigenvalue weighted by atomic mass is 10.1. The Morgan fingerprint density at radius 1 is 0.972 bits per heavy atom. The van der Waals surface area contributed by atoms with Gasteiger partial charge in [0.15, 0.2) is 11.5 Å². The zero-order valence-electron chi connectivity index (χ0n) is 20.6. The van der Waals surface area contributed by atoms with Crippen LogP contribution in [0.25, 0.3) is 22.0 Å². The van der Waals surface area contributed by atoms with E-state index in [9.17, 15) is 5.11 Å². The molecule has 2 aromatic heterocycles. The first-order chi connectivity index (χ1) is 17.6. The highest BCUT2D eigenvalue weighted by Crippen LogP contribution is 2.41. The molecule has 0 saturated carbocycles. The summed E-state index contributed by atoms with van der Waals surface area (Å²) in [6, 6.07) is 15.6. The van der Waals surface area contributed by atoms with E-state index in [1.54, 1.807) is 27.5 Å². The molecule has 1 aliphatic rings. The number of nitrogens with zero attached hydrogens (tertiary/aromatic N) is 4. The predicted octanol–water partition coefficient (Wildman–Crippen LogP) is 4.42. The number of aliphatic hydroxyl groups is 1. The van der Waals surface area contributed by atoms with Gasteiger partial charge >= 0.3 is 0 Å². The van der Waals surface area contributed by atoms with Gasteiger partial charge in [-0.25, -0.2) is 9.97 Å². The first-order valence-electron chi connectivity index (χ1n) is 11.8. The fraction of sp³-hybridized carbons (Fsp3) is 0.296. The minimum Gasteiger partial charge on any atom is -0.493 e. The van der Waals surface area contributed by atoms with Crippen molar-refractivity contribution in [1.82, 2.24) is 15.0 Å². The van der Waals surface area contributed by atoms with E-state index in [-0.39, 0.29) is 12.6 Å². The van der Waals surface area contributed by atoms with Crippen LogP contribution in [-0.2, 0) is 0 Å². The van der Waals surface area contributed by atoms with Crippen molar-refractivity contribution < 1.29 is 19.3 Å². The summed E-state index contributed by atoms with van der Waals surface area (Å²) in [6.45, 7) is 0.957. The lowest BCUT2D eigenvalue weighted by Crippen LogP contribution is -2.33. The molecule has 1 unspecified atom stereocenters. The molecule has 4 aromatic rings. The smallest absolute Gasteiger partial charge is 0.230 e. The van der Waals surface area contributed by atoms with Crippen LogP contribution >= 0.6 is 0 Å². The lowest BCUT2D eigenvalue weighted by Gasteiger charge is -2.25. The number of aliphatic hydroxyl groups excluding tert-OH is 1. The minimum atomic E-state index is 0.0621. The van der Waals surface area contributed by atoms with Crippen LogP contribution in [0.2, 0.25) is 0 Å². The number of para-hydroxylation sites is 1. The zero-order valence-corrected chi connectivity index (χ0v) is 20.6. The summed E-state index contributed by atoms with van der Waals surface area (Å²) in [7, 11) is 4.76. The van der Waals surface area contributed by atoms with Crippen LogP contribution in [0.15, 0.2) is 54.7 Å². The Hall–Kier alpha value is -4.11. The summed E-state index contributed by atoms with van der Waals surface area (Å²) >= 11 is 0. The Morgan fingerprint density at radius 2 is 1.75 bits per heavy atom. The van der Waals surface area contributed by atoms with Gasteiger partial charge in [0.2, 0.25) is 11.7 Å². The number of ether oxygens (including phenoxy) is 3. The molecule has 9 nitrogen and oxygen atoms in total. The normalized spacial score (nSPS) is 15.2. The molecule has 3 heterocycles. The molecule has 2 aromatic carbocycles. The summed E-state index contributed by atoms with van der Waals surface area (Å²) in [4.78, 5) is 16.3. The number of rotatable bonds is 8. The van der Waals surface area contributed by atoms with E-state index in [4.69, 9.17) is 24.2 Å². The third-order valence-corrected chi connectivity index (χ3v) is 6.44. The lowest BCUT2D eigenvalue weighted by molar-refractivity contribution is 0.266. The summed E-state index contributed by atoms with van der Waals surface area (Å²) in [5, 5.41) is 14.1. The van der Waals surface area contributed by atoms with Crippen molar-refractivity contribution in [3.63, 3.8) is 0 Å². The highest BCUT2D eigenvalue weighted by molar-refractivity contribution is 5.91. The molecule has 2 N–H and O–H groups in total. The van der Waals surface area contributed by atoms with Crippen LogP contribution in [-0.4, -0.2) is 60.6 Å². The highest BCUT2D eigenvalue weighted by Gasteiger charge is 2.27. The van der Waals surface area contributed by atoms with Crippen LogP contribution < -0.4 is 24.4 Å². The first-order valence-corrected chi connectivity index (χ1v) is 11.8. The van der Waals surface area contributed by atoms with Gasteiger partial charge in [-0.05, 0) is 54.8 Å². The molecule has 0 bridgehead atoms. The van der Waals surface area contributed by atoms with E-state index < -0.39 is 0 Å². The number of hydrogen-bond donors (Lipinski definition) is 2. The van der Waals surface area contributed by atoms with Gasteiger partial charge in [0.1, 0.15) is 11.6 Å². The second-order valence-electron chi connectivity index (χ2n) is 8.53. The first kappa shape index (κ1) is 23.6. The fourth-order valence-corrected chi connectivity index (χ4v) is 4.64. The Bertz CT molecular complexity index is 1340. The van der Waals surface area contributed by atoms with Gasteiger partial charge in [-0.3, -0.25) is 0 Å². The van der Waals surface area contributed by atoms with Crippen molar-refractivity contribution in [3.05, 3.63) is 54.7 Å². The predicted molar refractivity (Wildman–Crippen MR) is 140 cm³/mol. The molecule has 5 rings (SSSR count). The van der Waals surface area contributed by atoms with Crippen molar-refractivity contribution in [2.75, 3.05) is 44.7 Å². The van der Waals surface area contributed by atoms with E-state index >= 15 is 0 Å². The number of nitrogens with one attached hydrogen (secondary N) is 1. The van der Waals surface area contributed by atoms with Gasteiger partial charge < -0.3 is 29.5 Å². The van der Waals surface area contributed by atoms with Gasteiger partial charge in [0, 0.05) is 23.7 Å². The number of fused-ring (bicyclic) bond motifs is 1. The number of methoxy groups -OCH3 is 3. The monoisotopic (exact) mass is 487 g/mol. The Balaban J connectivity index is 1.45. The van der Waals surface area contributed by atoms with Crippen LogP contribution in [0.4, 0.5) is 17.6 Å². The summed E-state index contributed by atoms with van der Waals surface area (Å²) in [6.07, 6.45) is 3.74. The Morgan fingerprint density at radius 3 is 2.42 bits per heavy atom. The molecule has 36 heavy (non-hydrogen) atoms. The molecule has 186 valence electrons. The molecule has 0 amide bonds. The summed E-state index contributed by atoms with van der Waals surface area (Å²) in [5.41, 5.74) is 2.61. The van der Waals surface area contributed by atoms with Gasteiger partial charge in [0.25, 0.3) is 0 Å². The zero-order chi connectivity index (χ0) is 25.1. The fourth-order valence-electron chi connectivity index (χ4n) is 4.64. The average Bonchev–Trinajstić information content (AvgIpc) is 3.41. The van der Waals surface area contributed by atoms with E-state index in [2.05, 4.69) is 15.2 Å².